The Morgan fingerprint density at radius 1 is 0.720 bits per heavy atom. The van der Waals surface area contributed by atoms with Crippen molar-refractivity contribution in [3.63, 3.8) is 0 Å². The number of primary sulfonamides is 1. The molecule has 0 aromatic heterocycles. The van der Waals surface area contributed by atoms with Crippen LogP contribution in [-0.2, 0) is 10.0 Å². The third-order valence-electron chi connectivity index (χ3n) is 3.73. The number of hydrogen-bond acceptors (Lipinski definition) is 2. The van der Waals surface area contributed by atoms with Gasteiger partial charge in [0.25, 0.3) is 0 Å². The topological polar surface area (TPSA) is 60.2 Å². The molecule has 0 unspecified atom stereocenters. The maximum absolute atomic E-state index is 14.3. The second kappa shape index (κ2) is 6.34. The molecule has 0 heterocycles. The van der Waals surface area contributed by atoms with Crippen LogP contribution in [0.4, 0.5) is 13.2 Å². The zero-order chi connectivity index (χ0) is 18.2. The van der Waals surface area contributed by atoms with Crippen molar-refractivity contribution >= 4 is 10.0 Å². The molecule has 0 fully saturated rings. The fourth-order valence-corrected chi connectivity index (χ4v) is 3.07. The van der Waals surface area contributed by atoms with Crippen molar-refractivity contribution in [2.45, 2.75) is 4.90 Å². The van der Waals surface area contributed by atoms with Crippen LogP contribution in [0.1, 0.15) is 0 Å². The summed E-state index contributed by atoms with van der Waals surface area (Å²) in [6.45, 7) is 0. The van der Waals surface area contributed by atoms with Gasteiger partial charge in [-0.25, -0.2) is 26.7 Å². The first-order chi connectivity index (χ1) is 11.8. The molecular weight excluding hydrogens is 351 g/mol. The minimum Gasteiger partial charge on any atom is -0.225 e. The van der Waals surface area contributed by atoms with Crippen molar-refractivity contribution in [2.75, 3.05) is 0 Å². The Bertz CT molecular complexity index is 1050. The Morgan fingerprint density at radius 3 is 2.00 bits per heavy atom. The van der Waals surface area contributed by atoms with Crippen molar-refractivity contribution in [3.8, 4) is 22.3 Å². The molecule has 0 saturated carbocycles. The van der Waals surface area contributed by atoms with Gasteiger partial charge in [-0.2, -0.15) is 0 Å². The van der Waals surface area contributed by atoms with E-state index in [9.17, 15) is 21.6 Å². The molecule has 0 aliphatic rings. The van der Waals surface area contributed by atoms with Crippen LogP contribution in [0.2, 0.25) is 0 Å². The lowest BCUT2D eigenvalue weighted by molar-refractivity contribution is 0.449. The third kappa shape index (κ3) is 3.29. The zero-order valence-corrected chi connectivity index (χ0v) is 13.5. The summed E-state index contributed by atoms with van der Waals surface area (Å²) in [6, 6.07) is 14.4. The normalized spacial score (nSPS) is 11.5. The molecule has 0 spiro atoms. The molecule has 0 amide bonds. The summed E-state index contributed by atoms with van der Waals surface area (Å²) in [5.41, 5.74) is 0.942. The monoisotopic (exact) mass is 363 g/mol. The Balaban J connectivity index is 2.35. The number of benzene rings is 3. The molecule has 0 radical (unpaired) electrons. The molecule has 2 N–H and O–H groups in total. The van der Waals surface area contributed by atoms with Gasteiger partial charge in [0.15, 0.2) is 17.5 Å². The minimum absolute atomic E-state index is 0.0918. The van der Waals surface area contributed by atoms with E-state index < -0.39 is 27.5 Å². The molecule has 0 atom stereocenters. The lowest BCUT2D eigenvalue weighted by Crippen LogP contribution is -2.12. The molecule has 25 heavy (non-hydrogen) atoms. The summed E-state index contributed by atoms with van der Waals surface area (Å²) in [6.07, 6.45) is 0. The van der Waals surface area contributed by atoms with Gasteiger partial charge in [0, 0.05) is 5.56 Å². The van der Waals surface area contributed by atoms with Crippen LogP contribution in [0.15, 0.2) is 65.6 Å². The van der Waals surface area contributed by atoms with E-state index in [1.165, 1.54) is 12.1 Å². The second-order valence-corrected chi connectivity index (χ2v) is 6.90. The molecule has 0 bridgehead atoms. The highest BCUT2D eigenvalue weighted by molar-refractivity contribution is 7.89. The van der Waals surface area contributed by atoms with Gasteiger partial charge < -0.3 is 0 Å². The van der Waals surface area contributed by atoms with Gasteiger partial charge in [-0.3, -0.25) is 0 Å². The third-order valence-corrected chi connectivity index (χ3v) is 4.64. The average Bonchev–Trinajstić information content (AvgIpc) is 2.59. The van der Waals surface area contributed by atoms with E-state index >= 15 is 0 Å². The number of halogens is 3. The van der Waals surface area contributed by atoms with Gasteiger partial charge in [-0.15, -0.1) is 0 Å². The SMILES string of the molecule is NS(=O)(=O)c1ccc(-c2ccccc2)c(-c2ccc(F)c(F)c2F)c1. The molecule has 128 valence electrons. The number of nitrogens with two attached hydrogens (primary N) is 1. The summed E-state index contributed by atoms with van der Waals surface area (Å²) >= 11 is 0. The largest absolute Gasteiger partial charge is 0.238 e. The van der Waals surface area contributed by atoms with Gasteiger partial charge in [-0.1, -0.05) is 36.4 Å². The summed E-state index contributed by atoms with van der Waals surface area (Å²) in [4.78, 5) is -0.258. The van der Waals surface area contributed by atoms with Crippen molar-refractivity contribution < 1.29 is 21.6 Å². The molecule has 0 aliphatic carbocycles. The number of sulfonamides is 1. The van der Waals surface area contributed by atoms with E-state index in [0.29, 0.717) is 11.1 Å². The molecule has 0 aliphatic heterocycles. The van der Waals surface area contributed by atoms with Crippen molar-refractivity contribution in [1.82, 2.24) is 0 Å². The Labute approximate surface area is 142 Å². The zero-order valence-electron chi connectivity index (χ0n) is 12.7. The maximum atomic E-state index is 14.3. The van der Waals surface area contributed by atoms with E-state index in [4.69, 9.17) is 5.14 Å². The minimum atomic E-state index is -4.05. The first-order valence-electron chi connectivity index (χ1n) is 7.15. The van der Waals surface area contributed by atoms with Gasteiger partial charge in [0.05, 0.1) is 4.90 Å². The molecule has 0 saturated heterocycles. The fraction of sp³-hybridized carbons (Fsp3) is 0. The molecular formula is C18H12F3NO2S. The van der Waals surface area contributed by atoms with Crippen LogP contribution in [0, 0.1) is 17.5 Å². The summed E-state index contributed by atoms with van der Waals surface area (Å²) in [5, 5.41) is 5.13. The van der Waals surface area contributed by atoms with E-state index in [0.717, 1.165) is 18.2 Å². The molecule has 3 aromatic rings. The van der Waals surface area contributed by atoms with Crippen LogP contribution >= 0.6 is 0 Å². The smallest absolute Gasteiger partial charge is 0.225 e. The van der Waals surface area contributed by atoms with E-state index in [1.807, 2.05) is 0 Å². The van der Waals surface area contributed by atoms with Gasteiger partial charge in [-0.05, 0) is 41.0 Å². The highest BCUT2D eigenvalue weighted by Crippen LogP contribution is 2.36. The quantitative estimate of drug-likeness (QED) is 0.713. The standard InChI is InChI=1S/C18H12F3NO2S/c19-16-9-8-14(17(20)18(16)21)15-10-12(25(22,23)24)6-7-13(15)11-4-2-1-3-5-11/h1-10H,(H2,22,23,24). The van der Waals surface area contributed by atoms with Crippen LogP contribution < -0.4 is 5.14 Å². The molecule has 3 rings (SSSR count). The fourth-order valence-electron chi connectivity index (χ4n) is 2.53. The maximum Gasteiger partial charge on any atom is 0.238 e. The number of rotatable bonds is 3. The molecule has 3 aromatic carbocycles. The van der Waals surface area contributed by atoms with Gasteiger partial charge in [0.2, 0.25) is 10.0 Å². The van der Waals surface area contributed by atoms with Crippen molar-refractivity contribution in [3.05, 3.63) is 78.1 Å². The summed E-state index contributed by atoms with van der Waals surface area (Å²) < 4.78 is 64.4. The highest BCUT2D eigenvalue weighted by atomic mass is 32.2. The lowest BCUT2D eigenvalue weighted by Gasteiger charge is -2.13. The lowest BCUT2D eigenvalue weighted by atomic mass is 9.94. The Hall–Kier alpha value is -2.64. The Kier molecular flexibility index (Phi) is 4.36. The first kappa shape index (κ1) is 17.2. The van der Waals surface area contributed by atoms with Crippen molar-refractivity contribution in [1.29, 1.82) is 0 Å². The van der Waals surface area contributed by atoms with E-state index in [1.54, 1.807) is 30.3 Å². The predicted octanol–water partition coefficient (Wildman–Crippen LogP) is 4.09. The van der Waals surface area contributed by atoms with Crippen LogP contribution in [-0.4, -0.2) is 8.42 Å². The average molecular weight is 363 g/mol. The van der Waals surface area contributed by atoms with E-state index in [2.05, 4.69) is 0 Å². The highest BCUT2D eigenvalue weighted by Gasteiger charge is 2.20. The van der Waals surface area contributed by atoms with Crippen LogP contribution in [0.3, 0.4) is 0 Å². The molecule has 7 heteroatoms. The summed E-state index contributed by atoms with van der Waals surface area (Å²) in [7, 11) is -4.05. The van der Waals surface area contributed by atoms with Gasteiger partial charge in [0.1, 0.15) is 0 Å². The first-order valence-corrected chi connectivity index (χ1v) is 8.70. The van der Waals surface area contributed by atoms with Crippen LogP contribution in [0.5, 0.6) is 0 Å². The predicted molar refractivity (Wildman–Crippen MR) is 88.6 cm³/mol. The number of hydrogen-bond donors (Lipinski definition) is 1. The van der Waals surface area contributed by atoms with Crippen molar-refractivity contribution in [2.24, 2.45) is 5.14 Å². The Morgan fingerprint density at radius 2 is 1.36 bits per heavy atom. The summed E-state index contributed by atoms with van der Waals surface area (Å²) in [5.74, 6) is -4.36. The molecule has 3 nitrogen and oxygen atoms in total. The second-order valence-electron chi connectivity index (χ2n) is 5.34. The van der Waals surface area contributed by atoms with E-state index in [-0.39, 0.29) is 16.0 Å². The van der Waals surface area contributed by atoms with Crippen LogP contribution in [0.25, 0.3) is 22.3 Å². The van der Waals surface area contributed by atoms with Gasteiger partial charge >= 0.3 is 0 Å².